The summed E-state index contributed by atoms with van der Waals surface area (Å²) in [6.45, 7) is -0.340. The van der Waals surface area contributed by atoms with Gasteiger partial charge in [-0.1, -0.05) is 36.0 Å². The molecule has 128 valence electrons. The molecule has 0 aliphatic heterocycles. The Hall–Kier alpha value is -3.30. The van der Waals surface area contributed by atoms with Crippen molar-refractivity contribution in [1.82, 2.24) is 4.98 Å². The van der Waals surface area contributed by atoms with E-state index in [1.807, 2.05) is 12.1 Å². The molecule has 0 spiro atoms. The largest absolute Gasteiger partial charge is 0.454 e. The molecular weight excluding hydrogens is 348 g/mol. The molecule has 0 fully saturated rings. The molecule has 0 saturated heterocycles. The van der Waals surface area contributed by atoms with Gasteiger partial charge in [-0.15, -0.1) is 0 Å². The molecule has 0 saturated carbocycles. The molecule has 1 aromatic heterocycles. The van der Waals surface area contributed by atoms with E-state index < -0.39 is 5.97 Å². The number of hydrogen-bond acceptors (Lipinski definition) is 5. The maximum absolute atomic E-state index is 12.4. The first-order valence-corrected chi connectivity index (χ1v) is 8.60. The Morgan fingerprint density at radius 3 is 2.46 bits per heavy atom. The number of nitrogens with one attached hydrogen (secondary N) is 1. The Bertz CT molecular complexity index is 975. The van der Waals surface area contributed by atoms with E-state index in [9.17, 15) is 14.9 Å². The number of ether oxygens (including phenoxy) is 1. The van der Waals surface area contributed by atoms with Crippen molar-refractivity contribution in [1.29, 1.82) is 5.26 Å². The third-order valence-electron chi connectivity index (χ3n) is 3.57. The number of ketones is 1. The van der Waals surface area contributed by atoms with Crippen molar-refractivity contribution in [3.05, 3.63) is 83.7 Å². The van der Waals surface area contributed by atoms with Crippen molar-refractivity contribution in [2.75, 3.05) is 6.61 Å². The molecule has 6 heteroatoms. The van der Waals surface area contributed by atoms with Gasteiger partial charge in [-0.05, 0) is 36.4 Å². The fourth-order valence-electron chi connectivity index (χ4n) is 2.28. The minimum Gasteiger partial charge on any atom is -0.454 e. The number of aromatic nitrogens is 1. The topological polar surface area (TPSA) is 82.9 Å². The number of nitrogens with zero attached hydrogens (tertiary/aromatic N) is 1. The van der Waals surface area contributed by atoms with Gasteiger partial charge in [-0.25, -0.2) is 4.79 Å². The second-order valence-electron chi connectivity index (χ2n) is 5.29. The van der Waals surface area contributed by atoms with Crippen molar-refractivity contribution in [2.45, 2.75) is 9.79 Å². The van der Waals surface area contributed by atoms with Crippen molar-refractivity contribution in [2.24, 2.45) is 0 Å². The van der Waals surface area contributed by atoms with E-state index in [4.69, 9.17) is 4.74 Å². The Kier molecular flexibility index (Phi) is 5.52. The minimum absolute atomic E-state index is 0.302. The summed E-state index contributed by atoms with van der Waals surface area (Å²) in [5.74, 6) is -0.884. The smallest absolute Gasteiger partial charge is 0.339 e. The molecule has 0 bridgehead atoms. The van der Waals surface area contributed by atoms with Crippen LogP contribution in [0.1, 0.15) is 26.4 Å². The van der Waals surface area contributed by atoms with Crippen LogP contribution in [0.15, 0.2) is 76.7 Å². The first kappa shape index (κ1) is 17.5. The van der Waals surface area contributed by atoms with Gasteiger partial charge in [0.15, 0.2) is 6.61 Å². The lowest BCUT2D eigenvalue weighted by Crippen LogP contribution is -2.15. The lowest BCUT2D eigenvalue weighted by atomic mass is 10.2. The molecule has 0 aliphatic carbocycles. The van der Waals surface area contributed by atoms with E-state index in [0.717, 1.165) is 4.90 Å². The minimum atomic E-state index is -0.581. The highest BCUT2D eigenvalue weighted by Gasteiger charge is 2.16. The molecule has 26 heavy (non-hydrogen) atoms. The molecule has 0 unspecified atom stereocenters. The first-order valence-electron chi connectivity index (χ1n) is 7.79. The summed E-state index contributed by atoms with van der Waals surface area (Å²) in [4.78, 5) is 28.6. The van der Waals surface area contributed by atoms with Gasteiger partial charge >= 0.3 is 5.97 Å². The average molecular weight is 362 g/mol. The second-order valence-corrected chi connectivity index (χ2v) is 6.37. The third kappa shape index (κ3) is 4.02. The Labute approximate surface area is 154 Å². The van der Waals surface area contributed by atoms with Crippen LogP contribution in [-0.4, -0.2) is 23.3 Å². The highest BCUT2D eigenvalue weighted by Crippen LogP contribution is 2.32. The zero-order valence-corrected chi connectivity index (χ0v) is 14.5. The number of benzene rings is 2. The molecule has 3 rings (SSSR count). The molecule has 5 nitrogen and oxygen atoms in total. The number of nitriles is 1. The monoisotopic (exact) mass is 362 g/mol. The number of Topliss-reactive ketones (excluding diaryl/α,β-unsaturated/α-hetero) is 1. The predicted molar refractivity (Wildman–Crippen MR) is 97.1 cm³/mol. The predicted octanol–water partition coefficient (Wildman–Crippen LogP) is 4.08. The van der Waals surface area contributed by atoms with Crippen LogP contribution in [0.4, 0.5) is 0 Å². The zero-order chi connectivity index (χ0) is 18.4. The summed E-state index contributed by atoms with van der Waals surface area (Å²) in [6.07, 6.45) is 1.63. The lowest BCUT2D eigenvalue weighted by Gasteiger charge is -2.09. The number of rotatable bonds is 6. The van der Waals surface area contributed by atoms with E-state index in [2.05, 4.69) is 11.1 Å². The third-order valence-corrected chi connectivity index (χ3v) is 4.72. The number of carbonyl (C=O) groups excluding carboxylic acids is 2. The second kappa shape index (κ2) is 8.19. The van der Waals surface area contributed by atoms with Crippen LogP contribution in [0.5, 0.6) is 0 Å². The molecule has 2 aromatic carbocycles. The van der Waals surface area contributed by atoms with Gasteiger partial charge in [0.25, 0.3) is 0 Å². The van der Waals surface area contributed by atoms with Crippen LogP contribution in [0.2, 0.25) is 0 Å². The number of H-pyrrole nitrogens is 1. The van der Waals surface area contributed by atoms with Crippen molar-refractivity contribution in [3.8, 4) is 6.07 Å². The lowest BCUT2D eigenvalue weighted by molar-refractivity contribution is 0.0470. The van der Waals surface area contributed by atoms with Crippen LogP contribution in [-0.2, 0) is 4.74 Å². The fourth-order valence-corrected chi connectivity index (χ4v) is 3.30. The quantitative estimate of drug-likeness (QED) is 0.528. The molecule has 0 atom stereocenters. The molecule has 1 N–H and O–H groups in total. The number of esters is 1. The zero-order valence-electron chi connectivity index (χ0n) is 13.6. The van der Waals surface area contributed by atoms with Crippen LogP contribution < -0.4 is 0 Å². The summed E-state index contributed by atoms with van der Waals surface area (Å²) in [6, 6.07) is 19.6. The van der Waals surface area contributed by atoms with Crippen molar-refractivity contribution < 1.29 is 14.3 Å². The maximum Gasteiger partial charge on any atom is 0.339 e. The standard InChI is InChI=1S/C20H14N2O3S/c21-12-14-6-1-3-9-18(14)26-19-10-4-2-7-15(19)20(24)25-13-17(23)16-8-5-11-22-16/h1-11,22H,13H2. The molecule has 1 heterocycles. The Balaban J connectivity index is 1.75. The van der Waals surface area contributed by atoms with E-state index in [1.54, 1.807) is 54.7 Å². The Morgan fingerprint density at radius 1 is 1.00 bits per heavy atom. The number of hydrogen-bond donors (Lipinski definition) is 1. The van der Waals surface area contributed by atoms with Crippen LogP contribution in [0, 0.1) is 11.3 Å². The molecular formula is C20H14N2O3S. The summed E-state index contributed by atoms with van der Waals surface area (Å²) >= 11 is 1.31. The normalized spacial score (nSPS) is 10.1. The molecule has 0 aliphatic rings. The van der Waals surface area contributed by atoms with Gasteiger partial charge in [0.2, 0.25) is 5.78 Å². The van der Waals surface area contributed by atoms with Gasteiger partial charge in [-0.3, -0.25) is 4.79 Å². The number of carbonyl (C=O) groups is 2. The highest BCUT2D eigenvalue weighted by atomic mass is 32.2. The van der Waals surface area contributed by atoms with Gasteiger partial charge < -0.3 is 9.72 Å². The SMILES string of the molecule is N#Cc1ccccc1Sc1ccccc1C(=O)OCC(=O)c1ccc[nH]1. The van der Waals surface area contributed by atoms with E-state index in [-0.39, 0.29) is 12.4 Å². The summed E-state index contributed by atoms with van der Waals surface area (Å²) in [7, 11) is 0. The maximum atomic E-state index is 12.4. The van der Waals surface area contributed by atoms with E-state index in [1.165, 1.54) is 11.8 Å². The van der Waals surface area contributed by atoms with Crippen LogP contribution >= 0.6 is 11.8 Å². The van der Waals surface area contributed by atoms with Crippen LogP contribution in [0.25, 0.3) is 0 Å². The highest BCUT2D eigenvalue weighted by molar-refractivity contribution is 7.99. The fraction of sp³-hybridized carbons (Fsp3) is 0.0500. The van der Waals surface area contributed by atoms with E-state index in [0.29, 0.717) is 21.7 Å². The number of aromatic amines is 1. The van der Waals surface area contributed by atoms with Gasteiger partial charge in [-0.2, -0.15) is 5.26 Å². The summed E-state index contributed by atoms with van der Waals surface area (Å²) in [5, 5.41) is 9.22. The van der Waals surface area contributed by atoms with Crippen LogP contribution in [0.3, 0.4) is 0 Å². The summed E-state index contributed by atoms with van der Waals surface area (Å²) in [5.41, 5.74) is 1.27. The molecule has 0 radical (unpaired) electrons. The summed E-state index contributed by atoms with van der Waals surface area (Å²) < 4.78 is 5.16. The van der Waals surface area contributed by atoms with E-state index >= 15 is 0 Å². The Morgan fingerprint density at radius 2 is 1.73 bits per heavy atom. The van der Waals surface area contributed by atoms with Gasteiger partial charge in [0.05, 0.1) is 16.8 Å². The van der Waals surface area contributed by atoms with Gasteiger partial charge in [0.1, 0.15) is 6.07 Å². The van der Waals surface area contributed by atoms with Crippen molar-refractivity contribution >= 4 is 23.5 Å². The van der Waals surface area contributed by atoms with Gasteiger partial charge in [0, 0.05) is 16.0 Å². The van der Waals surface area contributed by atoms with Crippen molar-refractivity contribution in [3.63, 3.8) is 0 Å². The first-order chi connectivity index (χ1) is 12.7. The molecule has 3 aromatic rings. The average Bonchev–Trinajstić information content (AvgIpc) is 3.21. The molecule has 0 amide bonds.